The molecule has 0 radical (unpaired) electrons. The Kier molecular flexibility index (Phi) is 8.71. The number of amides is 2. The number of carbonyl (C=O) groups excluding carboxylic acids is 2. The van der Waals surface area contributed by atoms with E-state index in [2.05, 4.69) is 26.6 Å². The Morgan fingerprint density at radius 2 is 1.88 bits per heavy atom. The molecule has 1 rings (SSSR count). The summed E-state index contributed by atoms with van der Waals surface area (Å²) in [5, 5.41) is 32.8. The first-order chi connectivity index (χ1) is 11.4. The van der Waals surface area contributed by atoms with Crippen molar-refractivity contribution in [2.45, 2.75) is 23.4 Å². The molecule has 9 heteroatoms. The van der Waals surface area contributed by atoms with Crippen molar-refractivity contribution in [1.82, 2.24) is 10.6 Å². The molecular weight excluding hydrogens is 400 g/mol. The van der Waals surface area contributed by atoms with Crippen molar-refractivity contribution in [3.63, 3.8) is 0 Å². The summed E-state index contributed by atoms with van der Waals surface area (Å²) in [4.78, 5) is 24.6. The van der Waals surface area contributed by atoms with Gasteiger partial charge in [0.2, 0.25) is 11.8 Å². The van der Waals surface area contributed by atoms with Crippen LogP contribution in [0.1, 0.15) is 6.92 Å². The molecular formula is C15H21BrN2O5S. The highest BCUT2D eigenvalue weighted by atomic mass is 79.9. The van der Waals surface area contributed by atoms with Gasteiger partial charge in [-0.15, -0.1) is 11.8 Å². The van der Waals surface area contributed by atoms with Gasteiger partial charge in [-0.1, -0.05) is 22.0 Å². The third-order valence-corrected chi connectivity index (χ3v) is 4.78. The molecule has 0 saturated carbocycles. The van der Waals surface area contributed by atoms with E-state index in [0.717, 1.165) is 9.37 Å². The first-order valence-electron chi connectivity index (χ1n) is 7.16. The fourth-order valence-electron chi connectivity index (χ4n) is 1.78. The molecule has 0 bridgehead atoms. The zero-order chi connectivity index (χ0) is 18.2. The maximum Gasteiger partial charge on any atom is 0.244 e. The predicted molar refractivity (Wildman–Crippen MR) is 94.6 cm³/mol. The van der Waals surface area contributed by atoms with Gasteiger partial charge < -0.3 is 26.0 Å². The predicted octanol–water partition coefficient (Wildman–Crippen LogP) is -0.122. The SMILES string of the molecule is CC(=O)NC(CSc1cccc(Br)c1)C(=O)NC(CO)(CO)CO. The summed E-state index contributed by atoms with van der Waals surface area (Å²) >= 11 is 4.73. The largest absolute Gasteiger partial charge is 0.394 e. The summed E-state index contributed by atoms with van der Waals surface area (Å²) in [6.45, 7) is -0.590. The van der Waals surface area contributed by atoms with Crippen LogP contribution in [0.4, 0.5) is 0 Å². The summed E-state index contributed by atoms with van der Waals surface area (Å²) in [6.07, 6.45) is 0. The Morgan fingerprint density at radius 1 is 1.25 bits per heavy atom. The zero-order valence-electron chi connectivity index (χ0n) is 13.2. The van der Waals surface area contributed by atoms with E-state index >= 15 is 0 Å². The fraction of sp³-hybridized carbons (Fsp3) is 0.467. The number of hydrogen-bond donors (Lipinski definition) is 5. The summed E-state index contributed by atoms with van der Waals surface area (Å²) < 4.78 is 0.896. The maximum absolute atomic E-state index is 12.4. The lowest BCUT2D eigenvalue weighted by atomic mass is 10.0. The van der Waals surface area contributed by atoms with Gasteiger partial charge in [0.15, 0.2) is 0 Å². The van der Waals surface area contributed by atoms with Gasteiger partial charge in [-0.2, -0.15) is 0 Å². The average Bonchev–Trinajstić information content (AvgIpc) is 2.56. The van der Waals surface area contributed by atoms with Gasteiger partial charge in [0, 0.05) is 22.0 Å². The van der Waals surface area contributed by atoms with Crippen LogP contribution in [-0.2, 0) is 9.59 Å². The molecule has 1 atom stereocenters. The van der Waals surface area contributed by atoms with E-state index in [9.17, 15) is 24.9 Å². The Hall–Kier alpha value is -1.13. The minimum Gasteiger partial charge on any atom is -0.394 e. The van der Waals surface area contributed by atoms with Crippen molar-refractivity contribution in [1.29, 1.82) is 0 Å². The van der Waals surface area contributed by atoms with Crippen LogP contribution in [0, 0.1) is 0 Å². The number of aliphatic hydroxyl groups excluding tert-OH is 3. The average molecular weight is 421 g/mol. The van der Waals surface area contributed by atoms with E-state index in [1.165, 1.54) is 18.7 Å². The van der Waals surface area contributed by atoms with E-state index < -0.39 is 37.3 Å². The summed E-state index contributed by atoms with van der Waals surface area (Å²) in [7, 11) is 0. The molecule has 1 unspecified atom stereocenters. The van der Waals surface area contributed by atoms with E-state index in [4.69, 9.17) is 0 Å². The zero-order valence-corrected chi connectivity index (χ0v) is 15.6. The minimum atomic E-state index is -1.53. The summed E-state index contributed by atoms with van der Waals surface area (Å²) in [5.74, 6) is -0.724. The standard InChI is InChI=1S/C15H21BrN2O5S/c1-10(22)17-13(6-24-12-4-2-3-11(16)5-12)14(23)18-15(7-19,8-20)9-21/h2-5,13,19-21H,6-9H2,1H3,(H,17,22)(H,18,23). The second-order valence-corrected chi connectivity index (χ2v) is 7.27. The van der Waals surface area contributed by atoms with Crippen LogP contribution >= 0.6 is 27.7 Å². The molecule has 0 spiro atoms. The summed E-state index contributed by atoms with van der Waals surface area (Å²) in [6, 6.07) is 6.61. The lowest BCUT2D eigenvalue weighted by molar-refractivity contribution is -0.130. The number of thioether (sulfide) groups is 1. The second-order valence-electron chi connectivity index (χ2n) is 5.27. The van der Waals surface area contributed by atoms with Crippen LogP contribution in [0.3, 0.4) is 0 Å². The highest BCUT2D eigenvalue weighted by Gasteiger charge is 2.33. The molecule has 1 aromatic rings. The first-order valence-corrected chi connectivity index (χ1v) is 8.93. The van der Waals surface area contributed by atoms with Crippen molar-refractivity contribution in [3.8, 4) is 0 Å². The van der Waals surface area contributed by atoms with Crippen LogP contribution in [0.2, 0.25) is 0 Å². The number of nitrogens with one attached hydrogen (secondary N) is 2. The third-order valence-electron chi connectivity index (χ3n) is 3.20. The first kappa shape index (κ1) is 20.9. The number of rotatable bonds is 9. The quantitative estimate of drug-likeness (QED) is 0.355. The molecule has 0 heterocycles. The van der Waals surface area contributed by atoms with Crippen LogP contribution in [0.5, 0.6) is 0 Å². The Morgan fingerprint density at radius 3 is 2.38 bits per heavy atom. The highest BCUT2D eigenvalue weighted by Crippen LogP contribution is 2.22. The number of benzene rings is 1. The van der Waals surface area contributed by atoms with Crippen LogP contribution in [0.15, 0.2) is 33.6 Å². The smallest absolute Gasteiger partial charge is 0.244 e. The molecule has 134 valence electrons. The van der Waals surface area contributed by atoms with Crippen molar-refractivity contribution in [2.75, 3.05) is 25.6 Å². The van der Waals surface area contributed by atoms with E-state index in [1.807, 2.05) is 24.3 Å². The Labute approximate surface area is 153 Å². The molecule has 1 aromatic carbocycles. The Balaban J connectivity index is 2.80. The van der Waals surface area contributed by atoms with Gasteiger partial charge in [-0.25, -0.2) is 0 Å². The van der Waals surface area contributed by atoms with Crippen molar-refractivity contribution >= 4 is 39.5 Å². The maximum atomic E-state index is 12.4. The number of carbonyl (C=O) groups is 2. The molecule has 24 heavy (non-hydrogen) atoms. The van der Waals surface area contributed by atoms with Gasteiger partial charge in [0.25, 0.3) is 0 Å². The van der Waals surface area contributed by atoms with Crippen molar-refractivity contribution < 1.29 is 24.9 Å². The van der Waals surface area contributed by atoms with Crippen LogP contribution in [0.25, 0.3) is 0 Å². The minimum absolute atomic E-state index is 0.250. The number of aliphatic hydroxyl groups is 3. The molecule has 0 fully saturated rings. The monoisotopic (exact) mass is 420 g/mol. The normalized spacial score (nSPS) is 12.5. The summed E-state index contributed by atoms with van der Waals surface area (Å²) in [5.41, 5.74) is -1.53. The molecule has 2 amide bonds. The Bertz CT molecular complexity index is 560. The third kappa shape index (κ3) is 6.40. The lowest BCUT2D eigenvalue weighted by Crippen LogP contribution is -2.61. The molecule has 0 aliphatic heterocycles. The van der Waals surface area contributed by atoms with Gasteiger partial charge in [0.1, 0.15) is 11.6 Å². The molecule has 0 aromatic heterocycles. The van der Waals surface area contributed by atoms with Crippen molar-refractivity contribution in [2.24, 2.45) is 0 Å². The molecule has 7 nitrogen and oxygen atoms in total. The van der Waals surface area contributed by atoms with E-state index in [-0.39, 0.29) is 11.7 Å². The van der Waals surface area contributed by atoms with Gasteiger partial charge in [0.05, 0.1) is 19.8 Å². The highest BCUT2D eigenvalue weighted by molar-refractivity contribution is 9.10. The van der Waals surface area contributed by atoms with Gasteiger partial charge in [-0.05, 0) is 18.2 Å². The fourth-order valence-corrected chi connectivity index (χ4v) is 3.31. The van der Waals surface area contributed by atoms with Crippen LogP contribution in [-0.4, -0.2) is 64.3 Å². The topological polar surface area (TPSA) is 119 Å². The number of hydrogen-bond acceptors (Lipinski definition) is 6. The molecule has 0 aliphatic rings. The van der Waals surface area contributed by atoms with Crippen LogP contribution < -0.4 is 10.6 Å². The second kappa shape index (κ2) is 10.00. The van der Waals surface area contributed by atoms with Crippen molar-refractivity contribution in [3.05, 3.63) is 28.7 Å². The molecule has 0 saturated heterocycles. The number of halogens is 1. The van der Waals surface area contributed by atoms with E-state index in [0.29, 0.717) is 0 Å². The lowest BCUT2D eigenvalue weighted by Gasteiger charge is -2.30. The van der Waals surface area contributed by atoms with Gasteiger partial charge in [-0.3, -0.25) is 9.59 Å². The molecule has 0 aliphatic carbocycles. The van der Waals surface area contributed by atoms with Gasteiger partial charge >= 0.3 is 0 Å². The van der Waals surface area contributed by atoms with E-state index in [1.54, 1.807) is 0 Å². The molecule has 5 N–H and O–H groups in total.